The fourth-order valence-corrected chi connectivity index (χ4v) is 1.38. The number of oxazole rings is 1. The smallest absolute Gasteiger partial charge is 0.226 e. The van der Waals surface area contributed by atoms with Gasteiger partial charge in [-0.15, -0.1) is 0 Å². The number of aromatic nitrogens is 1. The minimum atomic E-state index is -0.0148. The molecule has 0 aliphatic carbocycles. The minimum Gasteiger partial charge on any atom is -0.441 e. The summed E-state index contributed by atoms with van der Waals surface area (Å²) in [6.45, 7) is 6.29. The topological polar surface area (TPSA) is 52.0 Å². The molecule has 0 radical (unpaired) electrons. The van der Waals surface area contributed by atoms with E-state index in [4.69, 9.17) is 10.2 Å². The van der Waals surface area contributed by atoms with Gasteiger partial charge < -0.3 is 10.2 Å². The molecule has 2 aromatic rings. The fourth-order valence-electron chi connectivity index (χ4n) is 1.38. The zero-order chi connectivity index (χ0) is 11.8. The van der Waals surface area contributed by atoms with E-state index in [0.717, 1.165) is 17.0 Å². The zero-order valence-corrected chi connectivity index (χ0v) is 9.82. The van der Waals surface area contributed by atoms with Gasteiger partial charge in [-0.05, 0) is 24.3 Å². The van der Waals surface area contributed by atoms with Gasteiger partial charge in [-0.2, -0.15) is 0 Å². The number of nitrogens with two attached hydrogens (primary N) is 1. The molecule has 1 aromatic carbocycles. The summed E-state index contributed by atoms with van der Waals surface area (Å²) in [5, 5.41) is 0. The first kappa shape index (κ1) is 10.7. The SMILES string of the molecule is CC(C)(C)c1cnc(-c2ccc(N)cc2)o1. The summed E-state index contributed by atoms with van der Waals surface area (Å²) in [6, 6.07) is 7.51. The van der Waals surface area contributed by atoms with Crippen LogP contribution in [-0.2, 0) is 5.41 Å². The largest absolute Gasteiger partial charge is 0.441 e. The van der Waals surface area contributed by atoms with Gasteiger partial charge in [-0.25, -0.2) is 4.98 Å². The van der Waals surface area contributed by atoms with Crippen LogP contribution < -0.4 is 5.73 Å². The monoisotopic (exact) mass is 216 g/mol. The van der Waals surface area contributed by atoms with Crippen LogP contribution in [0.4, 0.5) is 5.69 Å². The number of hydrogen-bond donors (Lipinski definition) is 1. The van der Waals surface area contributed by atoms with E-state index >= 15 is 0 Å². The number of rotatable bonds is 1. The van der Waals surface area contributed by atoms with E-state index in [9.17, 15) is 0 Å². The molecule has 2 rings (SSSR count). The van der Waals surface area contributed by atoms with Crippen molar-refractivity contribution in [3.63, 3.8) is 0 Å². The second-order valence-electron chi connectivity index (χ2n) is 4.90. The maximum absolute atomic E-state index is 5.72. The predicted octanol–water partition coefficient (Wildman–Crippen LogP) is 3.22. The fraction of sp³-hybridized carbons (Fsp3) is 0.308. The Morgan fingerprint density at radius 3 is 2.25 bits per heavy atom. The van der Waals surface area contributed by atoms with Crippen LogP contribution in [0.25, 0.3) is 11.5 Å². The van der Waals surface area contributed by atoms with E-state index in [-0.39, 0.29) is 5.41 Å². The van der Waals surface area contributed by atoms with Gasteiger partial charge >= 0.3 is 0 Å². The molecule has 0 saturated carbocycles. The van der Waals surface area contributed by atoms with Crippen molar-refractivity contribution in [1.82, 2.24) is 4.98 Å². The molecular weight excluding hydrogens is 200 g/mol. The van der Waals surface area contributed by atoms with Gasteiger partial charge in [0.15, 0.2) is 0 Å². The molecule has 0 unspecified atom stereocenters. The van der Waals surface area contributed by atoms with Crippen LogP contribution in [0.1, 0.15) is 26.5 Å². The maximum atomic E-state index is 5.72. The van der Waals surface area contributed by atoms with Gasteiger partial charge in [-0.1, -0.05) is 20.8 Å². The average Bonchev–Trinajstić information content (AvgIpc) is 2.67. The second-order valence-corrected chi connectivity index (χ2v) is 4.90. The third kappa shape index (κ3) is 2.08. The molecule has 0 saturated heterocycles. The number of anilines is 1. The molecule has 84 valence electrons. The quantitative estimate of drug-likeness (QED) is 0.744. The molecule has 1 heterocycles. The molecule has 2 N–H and O–H groups in total. The first-order valence-corrected chi connectivity index (χ1v) is 5.29. The molecule has 0 bridgehead atoms. The van der Waals surface area contributed by atoms with Crippen LogP contribution in [0.5, 0.6) is 0 Å². The van der Waals surface area contributed by atoms with E-state index < -0.39 is 0 Å². The van der Waals surface area contributed by atoms with Gasteiger partial charge in [0, 0.05) is 16.7 Å². The Morgan fingerprint density at radius 2 is 1.75 bits per heavy atom. The molecule has 16 heavy (non-hydrogen) atoms. The van der Waals surface area contributed by atoms with E-state index in [1.165, 1.54) is 0 Å². The molecule has 0 spiro atoms. The number of hydrogen-bond acceptors (Lipinski definition) is 3. The summed E-state index contributed by atoms with van der Waals surface area (Å²) in [7, 11) is 0. The highest BCUT2D eigenvalue weighted by atomic mass is 16.4. The van der Waals surface area contributed by atoms with Gasteiger partial charge in [0.2, 0.25) is 5.89 Å². The van der Waals surface area contributed by atoms with Crippen LogP contribution in [0.3, 0.4) is 0 Å². The molecule has 0 aliphatic heterocycles. The summed E-state index contributed by atoms with van der Waals surface area (Å²) >= 11 is 0. The van der Waals surface area contributed by atoms with Crippen molar-refractivity contribution in [2.45, 2.75) is 26.2 Å². The third-order valence-electron chi connectivity index (χ3n) is 2.40. The average molecular weight is 216 g/mol. The van der Waals surface area contributed by atoms with E-state index in [1.54, 1.807) is 6.20 Å². The van der Waals surface area contributed by atoms with Crippen molar-refractivity contribution < 1.29 is 4.42 Å². The Morgan fingerprint density at radius 1 is 1.12 bits per heavy atom. The number of benzene rings is 1. The van der Waals surface area contributed by atoms with Gasteiger partial charge in [0.1, 0.15) is 5.76 Å². The zero-order valence-electron chi connectivity index (χ0n) is 9.82. The first-order valence-electron chi connectivity index (χ1n) is 5.29. The summed E-state index contributed by atoms with van der Waals surface area (Å²) in [4.78, 5) is 4.28. The van der Waals surface area contributed by atoms with Crippen molar-refractivity contribution in [2.24, 2.45) is 0 Å². The van der Waals surface area contributed by atoms with E-state index in [0.29, 0.717) is 5.89 Å². The van der Waals surface area contributed by atoms with Gasteiger partial charge in [0.05, 0.1) is 6.20 Å². The van der Waals surface area contributed by atoms with Crippen LogP contribution >= 0.6 is 0 Å². The normalized spacial score (nSPS) is 11.7. The summed E-state index contributed by atoms with van der Waals surface area (Å²) in [5.74, 6) is 1.53. The van der Waals surface area contributed by atoms with Crippen LogP contribution in [0.15, 0.2) is 34.9 Å². The highest BCUT2D eigenvalue weighted by Crippen LogP contribution is 2.27. The Balaban J connectivity index is 2.35. The Bertz CT molecular complexity index is 477. The third-order valence-corrected chi connectivity index (χ3v) is 2.40. The van der Waals surface area contributed by atoms with Crippen molar-refractivity contribution in [1.29, 1.82) is 0 Å². The predicted molar refractivity (Wildman–Crippen MR) is 65.1 cm³/mol. The molecular formula is C13H16N2O. The first-order chi connectivity index (χ1) is 7.47. The van der Waals surface area contributed by atoms with Crippen molar-refractivity contribution in [3.8, 4) is 11.5 Å². The van der Waals surface area contributed by atoms with Crippen LogP contribution in [0.2, 0.25) is 0 Å². The van der Waals surface area contributed by atoms with E-state index in [2.05, 4.69) is 25.8 Å². The lowest BCUT2D eigenvalue weighted by atomic mass is 9.94. The number of nitrogen functional groups attached to an aromatic ring is 1. The van der Waals surface area contributed by atoms with Gasteiger partial charge in [-0.3, -0.25) is 0 Å². The molecule has 0 amide bonds. The minimum absolute atomic E-state index is 0.0148. The Labute approximate surface area is 95.3 Å². The second kappa shape index (κ2) is 3.67. The standard InChI is InChI=1S/C13H16N2O/c1-13(2,3)11-8-15-12(16-11)9-4-6-10(14)7-5-9/h4-8H,14H2,1-3H3. The lowest BCUT2D eigenvalue weighted by Gasteiger charge is -2.13. The highest BCUT2D eigenvalue weighted by molar-refractivity contribution is 5.57. The van der Waals surface area contributed by atoms with Crippen molar-refractivity contribution in [2.75, 3.05) is 5.73 Å². The summed E-state index contributed by atoms with van der Waals surface area (Å²) < 4.78 is 5.72. The molecule has 0 atom stereocenters. The Kier molecular flexibility index (Phi) is 2.46. The van der Waals surface area contributed by atoms with E-state index in [1.807, 2.05) is 24.3 Å². The molecule has 0 fully saturated rings. The lowest BCUT2D eigenvalue weighted by Crippen LogP contribution is -2.09. The summed E-state index contributed by atoms with van der Waals surface area (Å²) in [5.41, 5.74) is 7.30. The molecule has 0 aliphatic rings. The highest BCUT2D eigenvalue weighted by Gasteiger charge is 2.19. The van der Waals surface area contributed by atoms with Crippen LogP contribution in [0, 0.1) is 0 Å². The molecule has 3 heteroatoms. The molecule has 3 nitrogen and oxygen atoms in total. The Hall–Kier alpha value is -1.77. The molecule has 1 aromatic heterocycles. The maximum Gasteiger partial charge on any atom is 0.226 e. The summed E-state index contributed by atoms with van der Waals surface area (Å²) in [6.07, 6.45) is 1.78. The van der Waals surface area contributed by atoms with Gasteiger partial charge in [0.25, 0.3) is 0 Å². The number of nitrogens with zero attached hydrogens (tertiary/aromatic N) is 1. The lowest BCUT2D eigenvalue weighted by molar-refractivity contribution is 0.416. The van der Waals surface area contributed by atoms with Crippen molar-refractivity contribution >= 4 is 5.69 Å². The van der Waals surface area contributed by atoms with Crippen molar-refractivity contribution in [3.05, 3.63) is 36.2 Å². The van der Waals surface area contributed by atoms with Crippen LogP contribution in [-0.4, -0.2) is 4.98 Å².